The molecule has 35 heavy (non-hydrogen) atoms. The Morgan fingerprint density at radius 1 is 0.600 bits per heavy atom. The molecule has 0 amide bonds. The van der Waals surface area contributed by atoms with Gasteiger partial charge in [0.05, 0.1) is 14.2 Å². The zero-order valence-corrected chi connectivity index (χ0v) is 21.4. The van der Waals surface area contributed by atoms with E-state index in [0.717, 1.165) is 75.7 Å². The molecule has 192 valence electrons. The number of hydrogen-bond acceptors (Lipinski definition) is 7. The number of ether oxygens (including phenoxy) is 5. The second-order valence-electron chi connectivity index (χ2n) is 8.39. The molecular weight excluding hydrogens is 448 g/mol. The van der Waals surface area contributed by atoms with E-state index in [1.54, 1.807) is 26.4 Å². The van der Waals surface area contributed by atoms with Crippen molar-refractivity contribution in [3.8, 4) is 23.0 Å². The van der Waals surface area contributed by atoms with Gasteiger partial charge >= 0.3 is 11.9 Å². The summed E-state index contributed by atoms with van der Waals surface area (Å²) in [5.41, 5.74) is 2.33. The van der Waals surface area contributed by atoms with Crippen molar-refractivity contribution >= 4 is 11.9 Å². The summed E-state index contributed by atoms with van der Waals surface area (Å²) in [6, 6.07) is 11.4. The molecule has 2 aromatic rings. The van der Waals surface area contributed by atoms with Gasteiger partial charge in [0.1, 0.15) is 0 Å². The largest absolute Gasteiger partial charge is 0.493 e. The number of unbranched alkanes of at least 4 members (excludes halogenated alkanes) is 4. The molecule has 0 unspecified atom stereocenters. The minimum Gasteiger partial charge on any atom is -0.493 e. The van der Waals surface area contributed by atoms with Crippen molar-refractivity contribution in [1.82, 2.24) is 0 Å². The average molecular weight is 487 g/mol. The van der Waals surface area contributed by atoms with Gasteiger partial charge in [0.2, 0.25) is 0 Å². The molecule has 0 spiro atoms. The van der Waals surface area contributed by atoms with Crippen molar-refractivity contribution in [3.63, 3.8) is 0 Å². The Morgan fingerprint density at radius 2 is 1.03 bits per heavy atom. The zero-order chi connectivity index (χ0) is 25.5. The molecule has 0 bridgehead atoms. The average Bonchev–Trinajstić information content (AvgIpc) is 2.83. The minimum absolute atomic E-state index is 0.357. The molecule has 0 saturated carbocycles. The van der Waals surface area contributed by atoms with Crippen LogP contribution in [0.4, 0.5) is 0 Å². The highest BCUT2D eigenvalue weighted by Gasteiger charge is 2.09. The van der Waals surface area contributed by atoms with E-state index in [9.17, 15) is 9.59 Å². The Hall–Kier alpha value is -3.06. The number of rotatable bonds is 16. The van der Waals surface area contributed by atoms with Gasteiger partial charge in [0.15, 0.2) is 23.0 Å². The lowest BCUT2D eigenvalue weighted by Gasteiger charge is -2.10. The Kier molecular flexibility index (Phi) is 12.7. The Morgan fingerprint density at radius 3 is 1.40 bits per heavy atom. The molecule has 0 aliphatic heterocycles. The predicted octanol–water partition coefficient (Wildman–Crippen LogP) is 5.70. The first-order chi connectivity index (χ1) is 16.9. The molecule has 0 N–H and O–H groups in total. The minimum atomic E-state index is -0.357. The van der Waals surface area contributed by atoms with Gasteiger partial charge < -0.3 is 23.7 Å². The van der Waals surface area contributed by atoms with E-state index in [4.69, 9.17) is 23.7 Å². The summed E-state index contributed by atoms with van der Waals surface area (Å²) >= 11 is 0. The molecule has 7 nitrogen and oxygen atoms in total. The molecule has 2 aromatic carbocycles. The molecule has 0 atom stereocenters. The summed E-state index contributed by atoms with van der Waals surface area (Å²) in [6.07, 6.45) is 8.30. The zero-order valence-electron chi connectivity index (χ0n) is 21.4. The molecule has 7 heteroatoms. The van der Waals surface area contributed by atoms with Crippen LogP contribution in [0.1, 0.15) is 63.5 Å². The van der Waals surface area contributed by atoms with Gasteiger partial charge in [0.25, 0.3) is 0 Å². The maximum Gasteiger partial charge on any atom is 0.308 e. The smallest absolute Gasteiger partial charge is 0.308 e. The number of methoxy groups -OCH3 is 2. The topological polar surface area (TPSA) is 80.3 Å². The van der Waals surface area contributed by atoms with Gasteiger partial charge in [0, 0.05) is 27.1 Å². The van der Waals surface area contributed by atoms with E-state index >= 15 is 0 Å². The van der Waals surface area contributed by atoms with E-state index in [-0.39, 0.29) is 11.9 Å². The molecule has 0 aromatic heterocycles. The lowest BCUT2D eigenvalue weighted by molar-refractivity contribution is -0.132. The van der Waals surface area contributed by atoms with Gasteiger partial charge in [-0.2, -0.15) is 0 Å². The quantitative estimate of drug-likeness (QED) is 0.171. The van der Waals surface area contributed by atoms with E-state index in [1.807, 2.05) is 24.3 Å². The van der Waals surface area contributed by atoms with Crippen molar-refractivity contribution in [2.45, 2.75) is 65.2 Å². The fourth-order valence-corrected chi connectivity index (χ4v) is 3.74. The van der Waals surface area contributed by atoms with Crippen LogP contribution in [0.15, 0.2) is 36.4 Å². The number of carbonyl (C=O) groups excluding carboxylic acids is 2. The van der Waals surface area contributed by atoms with Crippen molar-refractivity contribution in [2.24, 2.45) is 0 Å². The first-order valence-corrected chi connectivity index (χ1v) is 12.2. The van der Waals surface area contributed by atoms with Crippen LogP contribution in [0.2, 0.25) is 0 Å². The van der Waals surface area contributed by atoms with Crippen LogP contribution in [0.25, 0.3) is 0 Å². The fourth-order valence-electron chi connectivity index (χ4n) is 3.74. The number of carbonyl (C=O) groups is 2. The van der Waals surface area contributed by atoms with Crippen molar-refractivity contribution < 1.29 is 33.3 Å². The lowest BCUT2D eigenvalue weighted by atomic mass is 10.1. The summed E-state index contributed by atoms with van der Waals surface area (Å²) < 4.78 is 26.7. The van der Waals surface area contributed by atoms with Crippen LogP contribution >= 0.6 is 0 Å². The fraction of sp³-hybridized carbons (Fsp3) is 0.500. The Balaban J connectivity index is 1.53. The number of aryl methyl sites for hydroxylation is 2. The molecule has 2 rings (SSSR count). The van der Waals surface area contributed by atoms with E-state index in [0.29, 0.717) is 23.0 Å². The molecule has 0 fully saturated rings. The molecule has 0 aliphatic rings. The lowest BCUT2D eigenvalue weighted by Crippen LogP contribution is -2.03. The van der Waals surface area contributed by atoms with Crippen LogP contribution in [0.5, 0.6) is 23.0 Å². The normalized spacial score (nSPS) is 10.6. The molecular formula is C28H38O7. The second kappa shape index (κ2) is 15.8. The third-order valence-electron chi connectivity index (χ3n) is 5.47. The maximum absolute atomic E-state index is 11.1. The predicted molar refractivity (Wildman–Crippen MR) is 135 cm³/mol. The van der Waals surface area contributed by atoms with Gasteiger partial charge in [-0.1, -0.05) is 25.0 Å². The summed E-state index contributed by atoms with van der Waals surface area (Å²) in [4.78, 5) is 22.3. The van der Waals surface area contributed by atoms with Gasteiger partial charge in [-0.25, -0.2) is 0 Å². The summed E-state index contributed by atoms with van der Waals surface area (Å²) in [5, 5.41) is 0. The monoisotopic (exact) mass is 486 g/mol. The molecule has 0 radical (unpaired) electrons. The Labute approximate surface area is 208 Å². The highest BCUT2D eigenvalue weighted by molar-refractivity contribution is 5.71. The first kappa shape index (κ1) is 28.2. The summed E-state index contributed by atoms with van der Waals surface area (Å²) in [6.45, 7) is 4.32. The standard InChI is InChI=1S/C28H38O7/c1-21(29)34-25-15-13-23(19-27(25)31-3)11-7-5-9-17-33-18-10-6-8-12-24-14-16-26(35-22(2)30)28(20-24)32-4/h13-16,19-20H,5-12,17-18H2,1-4H3. The van der Waals surface area contributed by atoms with Crippen LogP contribution in [0.3, 0.4) is 0 Å². The van der Waals surface area contributed by atoms with Crippen LogP contribution in [0, 0.1) is 0 Å². The van der Waals surface area contributed by atoms with E-state index in [1.165, 1.54) is 13.8 Å². The maximum atomic E-state index is 11.1. The van der Waals surface area contributed by atoms with E-state index in [2.05, 4.69) is 0 Å². The van der Waals surface area contributed by atoms with Crippen molar-refractivity contribution in [2.75, 3.05) is 27.4 Å². The van der Waals surface area contributed by atoms with Gasteiger partial charge in [-0.3, -0.25) is 9.59 Å². The SMILES string of the molecule is COc1cc(CCCCCOCCCCCc2ccc(OC(C)=O)c(OC)c2)ccc1OC(C)=O. The number of esters is 2. The second-order valence-corrected chi connectivity index (χ2v) is 8.39. The Bertz CT molecular complexity index is 863. The van der Waals surface area contributed by atoms with Crippen LogP contribution in [-0.2, 0) is 27.2 Å². The number of hydrogen-bond donors (Lipinski definition) is 0. The molecule has 0 saturated heterocycles. The summed E-state index contributed by atoms with van der Waals surface area (Å²) in [7, 11) is 3.15. The van der Waals surface area contributed by atoms with Crippen molar-refractivity contribution in [1.29, 1.82) is 0 Å². The van der Waals surface area contributed by atoms with Crippen molar-refractivity contribution in [3.05, 3.63) is 47.5 Å². The number of benzene rings is 2. The molecule has 0 heterocycles. The summed E-state index contributed by atoms with van der Waals surface area (Å²) in [5.74, 6) is 1.36. The van der Waals surface area contributed by atoms with Gasteiger partial charge in [-0.15, -0.1) is 0 Å². The van der Waals surface area contributed by atoms with Crippen LogP contribution in [-0.4, -0.2) is 39.4 Å². The van der Waals surface area contributed by atoms with E-state index < -0.39 is 0 Å². The molecule has 0 aliphatic carbocycles. The highest BCUT2D eigenvalue weighted by atomic mass is 16.6. The third kappa shape index (κ3) is 10.8. The van der Waals surface area contributed by atoms with Crippen LogP contribution < -0.4 is 18.9 Å². The highest BCUT2D eigenvalue weighted by Crippen LogP contribution is 2.30. The van der Waals surface area contributed by atoms with Gasteiger partial charge in [-0.05, 0) is 73.9 Å². The third-order valence-corrected chi connectivity index (χ3v) is 5.47. The first-order valence-electron chi connectivity index (χ1n) is 12.2.